The molecule has 2 N–H and O–H groups in total. The van der Waals surface area contributed by atoms with Gasteiger partial charge in [-0.05, 0) is 25.2 Å². The number of carbonyl (C=O) groups is 2. The van der Waals surface area contributed by atoms with Gasteiger partial charge < -0.3 is 10.0 Å². The molecule has 1 aromatic heterocycles. The average Bonchev–Trinajstić information content (AvgIpc) is 2.87. The molecule has 0 bridgehead atoms. The topological polar surface area (TPSA) is 82.5 Å². The molecule has 1 heterocycles. The van der Waals surface area contributed by atoms with Gasteiger partial charge in [-0.25, -0.2) is 9.78 Å². The van der Waals surface area contributed by atoms with Crippen LogP contribution in [0.25, 0.3) is 0 Å². The Kier molecular flexibility index (Phi) is 5.39. The summed E-state index contributed by atoms with van der Waals surface area (Å²) in [6, 6.07) is -0.314. The zero-order chi connectivity index (χ0) is 16.3. The maximum atomic E-state index is 12.1. The highest BCUT2D eigenvalue weighted by Crippen LogP contribution is 2.33. The van der Waals surface area contributed by atoms with E-state index in [2.05, 4.69) is 17.2 Å². The third-order valence-electron chi connectivity index (χ3n) is 4.15. The normalized spacial score (nSPS) is 18.4. The highest BCUT2D eigenvalue weighted by atomic mass is 32.1. The van der Waals surface area contributed by atoms with Crippen LogP contribution in [-0.2, 0) is 17.6 Å². The summed E-state index contributed by atoms with van der Waals surface area (Å²) in [5.74, 6) is -0.781. The summed E-state index contributed by atoms with van der Waals surface area (Å²) in [7, 11) is 1.59. The van der Waals surface area contributed by atoms with E-state index in [1.165, 1.54) is 27.5 Å². The Morgan fingerprint density at radius 3 is 2.91 bits per heavy atom. The summed E-state index contributed by atoms with van der Waals surface area (Å²) in [5, 5.41) is 12.3. The van der Waals surface area contributed by atoms with Gasteiger partial charge in [-0.15, -0.1) is 11.3 Å². The van der Waals surface area contributed by atoms with Gasteiger partial charge in [0.2, 0.25) is 0 Å². The molecule has 7 heteroatoms. The molecule has 0 fully saturated rings. The molecule has 2 rings (SSSR count). The highest BCUT2D eigenvalue weighted by Gasteiger charge is 2.23. The van der Waals surface area contributed by atoms with Crippen molar-refractivity contribution in [1.29, 1.82) is 0 Å². The number of anilines is 1. The molecule has 0 spiro atoms. The standard InChI is InChI=1S/C15H23N3O3S/c1-4-10-5-6-11-12(7-10)22-14(16-11)17-15(21)18(3)8-9(2)13(19)20/h9-10H,4-8H2,1-3H3,(H,19,20)(H,16,17,21). The van der Waals surface area contributed by atoms with Crippen molar-refractivity contribution in [3.05, 3.63) is 10.6 Å². The van der Waals surface area contributed by atoms with Crippen LogP contribution in [0, 0.1) is 11.8 Å². The molecule has 1 aliphatic carbocycles. The van der Waals surface area contributed by atoms with E-state index in [9.17, 15) is 9.59 Å². The third-order valence-corrected chi connectivity index (χ3v) is 5.18. The van der Waals surface area contributed by atoms with E-state index in [1.54, 1.807) is 14.0 Å². The Balaban J connectivity index is 1.95. The van der Waals surface area contributed by atoms with Crippen LogP contribution in [-0.4, -0.2) is 40.6 Å². The van der Waals surface area contributed by atoms with E-state index in [0.717, 1.165) is 30.9 Å². The van der Waals surface area contributed by atoms with Gasteiger partial charge in [-0.2, -0.15) is 0 Å². The van der Waals surface area contributed by atoms with Gasteiger partial charge in [0.1, 0.15) is 0 Å². The third kappa shape index (κ3) is 3.97. The number of fused-ring (bicyclic) bond motifs is 1. The monoisotopic (exact) mass is 325 g/mol. The second kappa shape index (κ2) is 7.09. The Labute approximate surface area is 134 Å². The van der Waals surface area contributed by atoms with E-state index in [1.807, 2.05) is 0 Å². The van der Waals surface area contributed by atoms with E-state index in [4.69, 9.17) is 5.11 Å². The largest absolute Gasteiger partial charge is 0.481 e. The minimum absolute atomic E-state index is 0.171. The lowest BCUT2D eigenvalue weighted by atomic mass is 9.89. The fourth-order valence-electron chi connectivity index (χ4n) is 2.60. The zero-order valence-electron chi connectivity index (χ0n) is 13.3. The van der Waals surface area contributed by atoms with E-state index in [0.29, 0.717) is 5.13 Å². The summed E-state index contributed by atoms with van der Waals surface area (Å²) < 4.78 is 0. The molecule has 0 aromatic carbocycles. The molecule has 0 saturated heterocycles. The van der Waals surface area contributed by atoms with Crippen LogP contribution in [0.3, 0.4) is 0 Å². The van der Waals surface area contributed by atoms with Crippen molar-refractivity contribution in [3.8, 4) is 0 Å². The predicted molar refractivity (Wildman–Crippen MR) is 86.4 cm³/mol. The smallest absolute Gasteiger partial charge is 0.323 e. The van der Waals surface area contributed by atoms with Gasteiger partial charge in [-0.3, -0.25) is 10.1 Å². The average molecular weight is 325 g/mol. The molecule has 6 nitrogen and oxygen atoms in total. The van der Waals surface area contributed by atoms with Gasteiger partial charge >= 0.3 is 12.0 Å². The number of nitrogens with zero attached hydrogens (tertiary/aromatic N) is 2. The van der Waals surface area contributed by atoms with Gasteiger partial charge in [0.05, 0.1) is 11.6 Å². The summed E-state index contributed by atoms with van der Waals surface area (Å²) in [6.45, 7) is 3.96. The van der Waals surface area contributed by atoms with Crippen molar-refractivity contribution < 1.29 is 14.7 Å². The lowest BCUT2D eigenvalue weighted by molar-refractivity contribution is -0.141. The quantitative estimate of drug-likeness (QED) is 0.872. The number of hydrogen-bond donors (Lipinski definition) is 2. The van der Waals surface area contributed by atoms with Crippen molar-refractivity contribution in [3.63, 3.8) is 0 Å². The van der Waals surface area contributed by atoms with Crippen molar-refractivity contribution in [1.82, 2.24) is 9.88 Å². The first-order valence-corrected chi connectivity index (χ1v) is 8.45. The lowest BCUT2D eigenvalue weighted by Gasteiger charge is -2.19. The number of carboxylic acids is 1. The van der Waals surface area contributed by atoms with Crippen molar-refractivity contribution in [2.24, 2.45) is 11.8 Å². The number of aliphatic carboxylic acids is 1. The molecule has 2 amide bonds. The number of hydrogen-bond acceptors (Lipinski definition) is 4. The number of rotatable bonds is 5. The fourth-order valence-corrected chi connectivity index (χ4v) is 3.72. The predicted octanol–water partition coefficient (Wildman–Crippen LogP) is 2.84. The van der Waals surface area contributed by atoms with E-state index in [-0.39, 0.29) is 12.6 Å². The molecule has 22 heavy (non-hydrogen) atoms. The maximum Gasteiger partial charge on any atom is 0.323 e. The number of nitrogens with one attached hydrogen (secondary N) is 1. The number of aryl methyl sites for hydroxylation is 1. The first kappa shape index (κ1) is 16.7. The van der Waals surface area contributed by atoms with Crippen molar-refractivity contribution >= 4 is 28.5 Å². The second-order valence-electron chi connectivity index (χ2n) is 5.96. The number of carbonyl (C=O) groups excluding carboxylic acids is 1. The minimum Gasteiger partial charge on any atom is -0.481 e. The first-order valence-electron chi connectivity index (χ1n) is 7.64. The van der Waals surface area contributed by atoms with E-state index < -0.39 is 11.9 Å². The van der Waals surface area contributed by atoms with Crippen LogP contribution in [0.2, 0.25) is 0 Å². The van der Waals surface area contributed by atoms with Crippen molar-refractivity contribution in [2.75, 3.05) is 18.9 Å². The van der Waals surface area contributed by atoms with Crippen LogP contribution >= 0.6 is 11.3 Å². The van der Waals surface area contributed by atoms with Crippen LogP contribution < -0.4 is 5.32 Å². The molecule has 0 saturated carbocycles. The molecule has 2 unspecified atom stereocenters. The second-order valence-corrected chi connectivity index (χ2v) is 7.04. The maximum absolute atomic E-state index is 12.1. The number of carboxylic acid groups (broad SMARTS) is 1. The highest BCUT2D eigenvalue weighted by molar-refractivity contribution is 7.15. The molecule has 1 aliphatic rings. The lowest BCUT2D eigenvalue weighted by Crippen LogP contribution is -2.36. The van der Waals surface area contributed by atoms with Gasteiger partial charge in [-0.1, -0.05) is 20.3 Å². The Hall–Kier alpha value is -1.63. The zero-order valence-corrected chi connectivity index (χ0v) is 14.1. The molecular weight excluding hydrogens is 302 g/mol. The molecule has 1 aromatic rings. The summed E-state index contributed by atoms with van der Waals surface area (Å²) >= 11 is 1.54. The Bertz CT molecular complexity index is 558. The first-order chi connectivity index (χ1) is 10.4. The van der Waals surface area contributed by atoms with E-state index >= 15 is 0 Å². The van der Waals surface area contributed by atoms with Crippen LogP contribution in [0.5, 0.6) is 0 Å². The van der Waals surface area contributed by atoms with Gasteiger partial charge in [0.25, 0.3) is 0 Å². The molecule has 2 atom stereocenters. The number of amides is 2. The number of aromatic nitrogens is 1. The van der Waals surface area contributed by atoms with Gasteiger partial charge in [0.15, 0.2) is 5.13 Å². The van der Waals surface area contributed by atoms with Crippen LogP contribution in [0.15, 0.2) is 0 Å². The van der Waals surface area contributed by atoms with Crippen LogP contribution in [0.1, 0.15) is 37.3 Å². The SMILES string of the molecule is CCC1CCc2nc(NC(=O)N(C)CC(C)C(=O)O)sc2C1. The summed E-state index contributed by atoms with van der Waals surface area (Å²) in [6.07, 6.45) is 4.36. The fraction of sp³-hybridized carbons (Fsp3) is 0.667. The number of thiazole rings is 1. The molecular formula is C15H23N3O3S. The summed E-state index contributed by atoms with van der Waals surface area (Å²) in [4.78, 5) is 30.1. The number of urea groups is 1. The Morgan fingerprint density at radius 1 is 1.55 bits per heavy atom. The minimum atomic E-state index is -0.907. The van der Waals surface area contributed by atoms with Crippen molar-refractivity contribution in [2.45, 2.75) is 39.5 Å². The summed E-state index contributed by atoms with van der Waals surface area (Å²) in [5.41, 5.74) is 1.10. The molecule has 122 valence electrons. The molecule has 0 radical (unpaired) electrons. The Morgan fingerprint density at radius 2 is 2.27 bits per heavy atom. The van der Waals surface area contributed by atoms with Gasteiger partial charge in [0, 0.05) is 18.5 Å². The molecule has 0 aliphatic heterocycles. The van der Waals surface area contributed by atoms with Crippen LogP contribution in [0.4, 0.5) is 9.93 Å².